The topological polar surface area (TPSA) is 28.3 Å². The molecule has 3 nitrogen and oxygen atoms in total. The van der Waals surface area contributed by atoms with Gasteiger partial charge in [0.15, 0.2) is 0 Å². The zero-order chi connectivity index (χ0) is 15.6. The van der Waals surface area contributed by atoms with Gasteiger partial charge in [0, 0.05) is 23.1 Å². The minimum atomic E-state index is 0.521. The molecule has 0 saturated carbocycles. The van der Waals surface area contributed by atoms with E-state index in [2.05, 4.69) is 47.4 Å². The monoisotopic (exact) mass is 306 g/mol. The van der Waals surface area contributed by atoms with E-state index in [1.807, 2.05) is 24.3 Å². The molecule has 3 aromatic rings. The van der Waals surface area contributed by atoms with Crippen molar-refractivity contribution in [2.75, 3.05) is 13.6 Å². The molecule has 23 heavy (non-hydrogen) atoms. The molecule has 1 saturated heterocycles. The van der Waals surface area contributed by atoms with Gasteiger partial charge in [-0.25, -0.2) is 0 Å². The summed E-state index contributed by atoms with van der Waals surface area (Å²) in [6.45, 7) is 1.79. The Kier molecular flexibility index (Phi) is 3.80. The van der Waals surface area contributed by atoms with Crippen molar-refractivity contribution in [3.8, 4) is 5.75 Å². The average molecular weight is 306 g/mol. The van der Waals surface area contributed by atoms with Gasteiger partial charge in [0.2, 0.25) is 0 Å². The molecule has 0 spiro atoms. The van der Waals surface area contributed by atoms with Crippen LogP contribution in [0.15, 0.2) is 54.7 Å². The molecule has 2 aromatic carbocycles. The minimum absolute atomic E-state index is 0.521. The van der Waals surface area contributed by atoms with Crippen LogP contribution in [0.2, 0.25) is 0 Å². The summed E-state index contributed by atoms with van der Waals surface area (Å²) in [5.41, 5.74) is 3.77. The van der Waals surface area contributed by atoms with E-state index >= 15 is 0 Å². The van der Waals surface area contributed by atoms with Crippen molar-refractivity contribution in [3.63, 3.8) is 0 Å². The molecule has 0 bridgehead atoms. The fraction of sp³-hybridized carbons (Fsp3) is 0.300. The summed E-state index contributed by atoms with van der Waals surface area (Å²) in [6.07, 6.45) is 4.68. The molecule has 118 valence electrons. The van der Waals surface area contributed by atoms with E-state index in [1.54, 1.807) is 0 Å². The number of aromatic nitrogens is 1. The molecule has 0 unspecified atom stereocenters. The number of fused-ring (bicyclic) bond motifs is 1. The van der Waals surface area contributed by atoms with Crippen LogP contribution in [-0.4, -0.2) is 23.5 Å². The van der Waals surface area contributed by atoms with Crippen LogP contribution in [0.25, 0.3) is 10.9 Å². The Labute approximate surface area is 136 Å². The lowest BCUT2D eigenvalue weighted by molar-refractivity contribution is 0.306. The highest BCUT2D eigenvalue weighted by Crippen LogP contribution is 2.36. The van der Waals surface area contributed by atoms with Gasteiger partial charge in [-0.15, -0.1) is 0 Å². The van der Waals surface area contributed by atoms with Crippen LogP contribution >= 0.6 is 0 Å². The van der Waals surface area contributed by atoms with E-state index in [1.165, 1.54) is 41.4 Å². The lowest BCUT2D eigenvalue weighted by Crippen LogP contribution is -2.17. The Morgan fingerprint density at radius 2 is 2.04 bits per heavy atom. The Morgan fingerprint density at radius 1 is 1.17 bits per heavy atom. The maximum atomic E-state index is 5.99. The molecule has 1 aliphatic rings. The highest BCUT2D eigenvalue weighted by Gasteiger charge is 2.24. The summed E-state index contributed by atoms with van der Waals surface area (Å²) in [5.74, 6) is 0.933. The van der Waals surface area contributed by atoms with Crippen LogP contribution in [0.5, 0.6) is 5.75 Å². The number of benzene rings is 2. The first-order valence-corrected chi connectivity index (χ1v) is 8.29. The third-order valence-corrected chi connectivity index (χ3v) is 4.81. The van der Waals surface area contributed by atoms with E-state index in [0.29, 0.717) is 12.6 Å². The standard InChI is InChI=1S/C20H22N2O/c1-22-11-5-8-20(22)18-13-21-19-10-9-16(12-17(18)19)23-14-15-6-3-2-4-7-15/h2-4,6-7,9-10,12-13,20-21H,5,8,11,14H2,1H3/t20-/m0/s1. The van der Waals surface area contributed by atoms with Crippen LogP contribution in [0.3, 0.4) is 0 Å². The summed E-state index contributed by atoms with van der Waals surface area (Å²) >= 11 is 0. The van der Waals surface area contributed by atoms with Crippen molar-refractivity contribution in [2.24, 2.45) is 0 Å². The number of likely N-dealkylation sites (tertiary alicyclic amines) is 1. The number of hydrogen-bond donors (Lipinski definition) is 1. The third-order valence-electron chi connectivity index (χ3n) is 4.81. The van der Waals surface area contributed by atoms with Crippen molar-refractivity contribution < 1.29 is 4.74 Å². The van der Waals surface area contributed by atoms with Gasteiger partial charge in [-0.05, 0) is 55.8 Å². The van der Waals surface area contributed by atoms with Gasteiger partial charge in [0.05, 0.1) is 0 Å². The Balaban J connectivity index is 1.59. The van der Waals surface area contributed by atoms with Crippen molar-refractivity contribution in [1.29, 1.82) is 0 Å². The van der Waals surface area contributed by atoms with Gasteiger partial charge in [-0.1, -0.05) is 30.3 Å². The predicted octanol–water partition coefficient (Wildman–Crippen LogP) is 4.51. The van der Waals surface area contributed by atoms with Crippen molar-refractivity contribution in [3.05, 3.63) is 65.9 Å². The number of nitrogens with one attached hydrogen (secondary N) is 1. The van der Waals surface area contributed by atoms with Crippen LogP contribution in [0.1, 0.15) is 30.0 Å². The van der Waals surface area contributed by atoms with Crippen LogP contribution in [-0.2, 0) is 6.61 Å². The molecule has 1 aliphatic heterocycles. The second-order valence-corrected chi connectivity index (χ2v) is 6.36. The van der Waals surface area contributed by atoms with Gasteiger partial charge in [-0.2, -0.15) is 0 Å². The second-order valence-electron chi connectivity index (χ2n) is 6.36. The van der Waals surface area contributed by atoms with E-state index < -0.39 is 0 Å². The summed E-state index contributed by atoms with van der Waals surface area (Å²) < 4.78 is 5.99. The Morgan fingerprint density at radius 3 is 2.83 bits per heavy atom. The molecule has 1 atom stereocenters. The number of ether oxygens (including phenoxy) is 1. The highest BCUT2D eigenvalue weighted by atomic mass is 16.5. The zero-order valence-corrected chi connectivity index (χ0v) is 13.5. The first-order chi connectivity index (χ1) is 11.3. The number of nitrogens with zero attached hydrogens (tertiary/aromatic N) is 1. The van der Waals surface area contributed by atoms with Crippen molar-refractivity contribution in [1.82, 2.24) is 9.88 Å². The van der Waals surface area contributed by atoms with Crippen LogP contribution < -0.4 is 4.74 Å². The van der Waals surface area contributed by atoms with Gasteiger partial charge in [-0.3, -0.25) is 4.90 Å². The summed E-state index contributed by atoms with van der Waals surface area (Å²) in [5, 5.41) is 1.29. The molecule has 0 radical (unpaired) electrons. The zero-order valence-electron chi connectivity index (χ0n) is 13.5. The molecular weight excluding hydrogens is 284 g/mol. The smallest absolute Gasteiger partial charge is 0.120 e. The molecule has 0 amide bonds. The number of aromatic amines is 1. The Hall–Kier alpha value is -2.26. The average Bonchev–Trinajstić information content (AvgIpc) is 3.19. The summed E-state index contributed by atoms with van der Waals surface area (Å²) in [6, 6.07) is 17.2. The predicted molar refractivity (Wildman–Crippen MR) is 93.7 cm³/mol. The van der Waals surface area contributed by atoms with Gasteiger partial charge >= 0.3 is 0 Å². The SMILES string of the molecule is CN1CCC[C@H]1c1c[nH]c2ccc(OCc3ccccc3)cc12. The fourth-order valence-corrected chi connectivity index (χ4v) is 3.53. The van der Waals surface area contributed by atoms with Crippen molar-refractivity contribution >= 4 is 10.9 Å². The first kappa shape index (κ1) is 14.3. The lowest BCUT2D eigenvalue weighted by Gasteiger charge is -2.19. The van der Waals surface area contributed by atoms with E-state index in [0.717, 1.165) is 5.75 Å². The molecule has 0 aliphatic carbocycles. The molecule has 3 heteroatoms. The second kappa shape index (κ2) is 6.09. The molecule has 1 fully saturated rings. The number of hydrogen-bond acceptors (Lipinski definition) is 2. The fourth-order valence-electron chi connectivity index (χ4n) is 3.53. The third kappa shape index (κ3) is 2.84. The van der Waals surface area contributed by atoms with Gasteiger partial charge in [0.1, 0.15) is 12.4 Å². The van der Waals surface area contributed by atoms with Gasteiger partial charge < -0.3 is 9.72 Å². The molecule has 4 rings (SSSR count). The maximum absolute atomic E-state index is 5.99. The van der Waals surface area contributed by atoms with Crippen LogP contribution in [0.4, 0.5) is 0 Å². The molecule has 1 N–H and O–H groups in total. The lowest BCUT2D eigenvalue weighted by atomic mass is 10.0. The highest BCUT2D eigenvalue weighted by molar-refractivity contribution is 5.85. The largest absolute Gasteiger partial charge is 0.489 e. The molecular formula is C20H22N2O. The van der Waals surface area contributed by atoms with E-state index in [4.69, 9.17) is 4.74 Å². The normalized spacial score (nSPS) is 18.6. The van der Waals surface area contributed by atoms with Gasteiger partial charge in [0.25, 0.3) is 0 Å². The van der Waals surface area contributed by atoms with Crippen molar-refractivity contribution in [2.45, 2.75) is 25.5 Å². The quantitative estimate of drug-likeness (QED) is 0.768. The number of rotatable bonds is 4. The summed E-state index contributed by atoms with van der Waals surface area (Å²) in [4.78, 5) is 5.85. The number of H-pyrrole nitrogens is 1. The van der Waals surface area contributed by atoms with E-state index in [-0.39, 0.29) is 0 Å². The van der Waals surface area contributed by atoms with Crippen LogP contribution in [0, 0.1) is 0 Å². The maximum Gasteiger partial charge on any atom is 0.120 e. The first-order valence-electron chi connectivity index (χ1n) is 8.29. The Bertz CT molecular complexity index is 794. The van der Waals surface area contributed by atoms with E-state index in [9.17, 15) is 0 Å². The molecule has 2 heterocycles. The summed E-state index contributed by atoms with van der Waals surface area (Å²) in [7, 11) is 2.21. The minimum Gasteiger partial charge on any atom is -0.489 e. The molecule has 1 aromatic heterocycles.